The Kier molecular flexibility index (Phi) is 4.81. The first-order valence-electron chi connectivity index (χ1n) is 5.83. The number of benzene rings is 2. The molecule has 94 valence electrons. The molecule has 2 aromatic rings. The highest BCUT2D eigenvalue weighted by atomic mass is 127. The largest absolute Gasteiger partial charge is 0.324 e. The minimum Gasteiger partial charge on any atom is -0.324 e. The van der Waals surface area contributed by atoms with Crippen molar-refractivity contribution in [1.82, 2.24) is 0 Å². The molecule has 0 aliphatic rings. The molecule has 0 amide bonds. The van der Waals surface area contributed by atoms with Crippen molar-refractivity contribution in [2.45, 2.75) is 19.4 Å². The van der Waals surface area contributed by atoms with Gasteiger partial charge >= 0.3 is 0 Å². The standard InChI is InChI=1S/C15H15BrIN/c1-10-4-2-3-5-11(10)8-15(18)13-9-12(16)6-7-14(13)17/h2-7,9,15H,8,18H2,1H3. The topological polar surface area (TPSA) is 26.0 Å². The van der Waals surface area contributed by atoms with Crippen molar-refractivity contribution < 1.29 is 0 Å². The van der Waals surface area contributed by atoms with E-state index in [9.17, 15) is 0 Å². The molecule has 1 unspecified atom stereocenters. The van der Waals surface area contributed by atoms with Crippen LogP contribution >= 0.6 is 38.5 Å². The van der Waals surface area contributed by atoms with Gasteiger partial charge in [0.15, 0.2) is 0 Å². The summed E-state index contributed by atoms with van der Waals surface area (Å²) in [6.45, 7) is 2.13. The molecule has 0 bridgehead atoms. The lowest BCUT2D eigenvalue weighted by Crippen LogP contribution is -2.15. The predicted molar refractivity (Wildman–Crippen MR) is 88.7 cm³/mol. The zero-order valence-corrected chi connectivity index (χ0v) is 13.9. The Morgan fingerprint density at radius 3 is 2.67 bits per heavy atom. The van der Waals surface area contributed by atoms with Gasteiger partial charge < -0.3 is 5.73 Å². The molecule has 2 N–H and O–H groups in total. The molecule has 2 aromatic carbocycles. The molecule has 1 nitrogen and oxygen atoms in total. The first-order valence-corrected chi connectivity index (χ1v) is 7.70. The molecule has 0 heterocycles. The third kappa shape index (κ3) is 3.33. The molecule has 2 rings (SSSR count). The van der Waals surface area contributed by atoms with E-state index in [1.54, 1.807) is 0 Å². The van der Waals surface area contributed by atoms with Gasteiger partial charge in [-0.05, 0) is 70.8 Å². The lowest BCUT2D eigenvalue weighted by atomic mass is 9.97. The molecule has 0 aliphatic carbocycles. The number of hydrogen-bond donors (Lipinski definition) is 1. The van der Waals surface area contributed by atoms with Gasteiger partial charge in [0.25, 0.3) is 0 Å². The highest BCUT2D eigenvalue weighted by molar-refractivity contribution is 14.1. The van der Waals surface area contributed by atoms with Crippen LogP contribution in [0.25, 0.3) is 0 Å². The van der Waals surface area contributed by atoms with Crippen LogP contribution in [0.2, 0.25) is 0 Å². The zero-order valence-electron chi connectivity index (χ0n) is 10.2. The van der Waals surface area contributed by atoms with Crippen LogP contribution < -0.4 is 5.73 Å². The first-order chi connectivity index (χ1) is 8.58. The van der Waals surface area contributed by atoms with Crippen molar-refractivity contribution in [2.24, 2.45) is 5.73 Å². The number of aryl methyl sites for hydroxylation is 1. The maximum Gasteiger partial charge on any atom is 0.0346 e. The maximum absolute atomic E-state index is 6.34. The van der Waals surface area contributed by atoms with E-state index >= 15 is 0 Å². The Hall–Kier alpha value is -0.390. The predicted octanol–water partition coefficient (Wildman–Crippen LogP) is 4.60. The molecule has 0 fully saturated rings. The van der Waals surface area contributed by atoms with E-state index < -0.39 is 0 Å². The summed E-state index contributed by atoms with van der Waals surface area (Å²) in [6.07, 6.45) is 0.874. The second-order valence-electron chi connectivity index (χ2n) is 4.40. The third-order valence-corrected chi connectivity index (χ3v) is 4.53. The molecular formula is C15H15BrIN. The van der Waals surface area contributed by atoms with Crippen LogP contribution in [0.1, 0.15) is 22.7 Å². The molecule has 0 spiro atoms. The van der Waals surface area contributed by atoms with Gasteiger partial charge in [0.05, 0.1) is 0 Å². The highest BCUT2D eigenvalue weighted by Gasteiger charge is 2.12. The summed E-state index contributed by atoms with van der Waals surface area (Å²) in [4.78, 5) is 0. The molecule has 0 aromatic heterocycles. The van der Waals surface area contributed by atoms with Gasteiger partial charge in [-0.25, -0.2) is 0 Å². The molecule has 0 aliphatic heterocycles. The Labute approximate surface area is 130 Å². The van der Waals surface area contributed by atoms with Crippen LogP contribution in [0.3, 0.4) is 0 Å². The molecule has 0 saturated carbocycles. The van der Waals surface area contributed by atoms with Crippen LogP contribution in [-0.2, 0) is 6.42 Å². The third-order valence-electron chi connectivity index (χ3n) is 3.06. The number of nitrogens with two attached hydrogens (primary N) is 1. The minimum atomic E-state index is 0.0375. The van der Waals surface area contributed by atoms with Crippen molar-refractivity contribution >= 4 is 38.5 Å². The van der Waals surface area contributed by atoms with E-state index in [-0.39, 0.29) is 6.04 Å². The fourth-order valence-corrected chi connectivity index (χ4v) is 3.10. The average Bonchev–Trinajstić information content (AvgIpc) is 2.35. The van der Waals surface area contributed by atoms with Gasteiger partial charge in [-0.2, -0.15) is 0 Å². The quantitative estimate of drug-likeness (QED) is 0.728. The second kappa shape index (κ2) is 6.17. The van der Waals surface area contributed by atoms with Crippen molar-refractivity contribution in [2.75, 3.05) is 0 Å². The fraction of sp³-hybridized carbons (Fsp3) is 0.200. The summed E-state index contributed by atoms with van der Waals surface area (Å²) in [5.74, 6) is 0. The van der Waals surface area contributed by atoms with E-state index in [2.05, 4.69) is 81.8 Å². The van der Waals surface area contributed by atoms with Crippen molar-refractivity contribution in [3.8, 4) is 0 Å². The van der Waals surface area contributed by atoms with E-state index in [1.165, 1.54) is 20.3 Å². The SMILES string of the molecule is Cc1ccccc1CC(N)c1cc(Br)ccc1I. The summed E-state index contributed by atoms with van der Waals surface area (Å²) in [5, 5.41) is 0. The molecular weight excluding hydrogens is 401 g/mol. The Balaban J connectivity index is 2.25. The Morgan fingerprint density at radius 2 is 1.94 bits per heavy atom. The van der Waals surface area contributed by atoms with Gasteiger partial charge in [0, 0.05) is 14.1 Å². The van der Waals surface area contributed by atoms with Gasteiger partial charge in [0.1, 0.15) is 0 Å². The minimum absolute atomic E-state index is 0.0375. The molecule has 0 saturated heterocycles. The molecule has 0 radical (unpaired) electrons. The van der Waals surface area contributed by atoms with Crippen LogP contribution in [-0.4, -0.2) is 0 Å². The van der Waals surface area contributed by atoms with E-state index in [0.29, 0.717) is 0 Å². The van der Waals surface area contributed by atoms with E-state index in [1.807, 2.05) is 6.07 Å². The van der Waals surface area contributed by atoms with Gasteiger partial charge in [-0.3, -0.25) is 0 Å². The van der Waals surface area contributed by atoms with E-state index in [4.69, 9.17) is 5.73 Å². The van der Waals surface area contributed by atoms with Crippen LogP contribution in [0.4, 0.5) is 0 Å². The number of halogens is 2. The van der Waals surface area contributed by atoms with Gasteiger partial charge in [0.2, 0.25) is 0 Å². The first kappa shape index (κ1) is 14.0. The molecule has 18 heavy (non-hydrogen) atoms. The number of hydrogen-bond acceptors (Lipinski definition) is 1. The lowest BCUT2D eigenvalue weighted by molar-refractivity contribution is 0.714. The Morgan fingerprint density at radius 1 is 1.22 bits per heavy atom. The summed E-state index contributed by atoms with van der Waals surface area (Å²) in [5.41, 5.74) is 10.2. The van der Waals surface area contributed by atoms with Gasteiger partial charge in [-0.15, -0.1) is 0 Å². The summed E-state index contributed by atoms with van der Waals surface area (Å²) in [7, 11) is 0. The summed E-state index contributed by atoms with van der Waals surface area (Å²) in [6, 6.07) is 14.7. The highest BCUT2D eigenvalue weighted by Crippen LogP contribution is 2.25. The van der Waals surface area contributed by atoms with E-state index in [0.717, 1.165) is 10.9 Å². The fourth-order valence-electron chi connectivity index (χ4n) is 1.98. The summed E-state index contributed by atoms with van der Waals surface area (Å²) < 4.78 is 2.30. The average molecular weight is 416 g/mol. The van der Waals surface area contributed by atoms with Crippen LogP contribution in [0, 0.1) is 10.5 Å². The number of rotatable bonds is 3. The van der Waals surface area contributed by atoms with Crippen LogP contribution in [0.15, 0.2) is 46.9 Å². The maximum atomic E-state index is 6.34. The lowest BCUT2D eigenvalue weighted by Gasteiger charge is -2.16. The second-order valence-corrected chi connectivity index (χ2v) is 6.48. The monoisotopic (exact) mass is 415 g/mol. The van der Waals surface area contributed by atoms with Crippen molar-refractivity contribution in [3.05, 3.63) is 67.2 Å². The smallest absolute Gasteiger partial charge is 0.0346 e. The normalized spacial score (nSPS) is 12.4. The molecule has 3 heteroatoms. The Bertz CT molecular complexity index is 554. The van der Waals surface area contributed by atoms with Crippen molar-refractivity contribution in [1.29, 1.82) is 0 Å². The summed E-state index contributed by atoms with van der Waals surface area (Å²) >= 11 is 5.85. The molecule has 1 atom stereocenters. The zero-order chi connectivity index (χ0) is 13.1. The van der Waals surface area contributed by atoms with Gasteiger partial charge in [-0.1, -0.05) is 40.2 Å². The van der Waals surface area contributed by atoms with Crippen LogP contribution in [0.5, 0.6) is 0 Å². The van der Waals surface area contributed by atoms with Crippen molar-refractivity contribution in [3.63, 3.8) is 0 Å².